The predicted molar refractivity (Wildman–Crippen MR) is 146 cm³/mol. The van der Waals surface area contributed by atoms with E-state index in [-0.39, 0.29) is 35.1 Å². The van der Waals surface area contributed by atoms with Crippen molar-refractivity contribution in [1.29, 1.82) is 0 Å². The van der Waals surface area contributed by atoms with E-state index < -0.39 is 16.0 Å². The molecule has 2 aromatic rings. The molecule has 2 saturated carbocycles. The monoisotopic (exact) mass is 556 g/mol. The first-order valence-electron chi connectivity index (χ1n) is 13.9. The average molecular weight is 557 g/mol. The van der Waals surface area contributed by atoms with Gasteiger partial charge in [-0.25, -0.2) is 13.2 Å². The summed E-state index contributed by atoms with van der Waals surface area (Å²) >= 11 is 0. The molecule has 10 heteroatoms. The second kappa shape index (κ2) is 12.3. The van der Waals surface area contributed by atoms with Crippen LogP contribution in [0.1, 0.15) is 74.6 Å². The van der Waals surface area contributed by atoms with E-state index in [1.807, 2.05) is 4.90 Å². The highest BCUT2D eigenvalue weighted by molar-refractivity contribution is 7.92. The van der Waals surface area contributed by atoms with Crippen LogP contribution in [0.15, 0.2) is 47.4 Å². The summed E-state index contributed by atoms with van der Waals surface area (Å²) in [5, 5.41) is 0. The lowest BCUT2D eigenvalue weighted by Gasteiger charge is -2.41. The van der Waals surface area contributed by atoms with Gasteiger partial charge in [0.2, 0.25) is 0 Å². The standard InChI is InChI=1S/C29H36N2O7S/c32-28(31(23-7-3-1-4-8-23)24-9-5-2-6-10-24)20-38-29(33)21-11-13-22(14-12-21)30-39(34,35)25-15-16-26-27(19-25)37-18-17-36-26/h11-16,19,23-24,30H,1-10,17-18,20H2. The highest BCUT2D eigenvalue weighted by Crippen LogP contribution is 2.33. The van der Waals surface area contributed by atoms with Gasteiger partial charge >= 0.3 is 5.97 Å². The molecule has 2 aliphatic carbocycles. The molecule has 0 aromatic heterocycles. The molecule has 3 aliphatic rings. The van der Waals surface area contributed by atoms with Gasteiger partial charge in [-0.1, -0.05) is 38.5 Å². The van der Waals surface area contributed by atoms with Crippen LogP contribution in [0.2, 0.25) is 0 Å². The van der Waals surface area contributed by atoms with Crippen molar-refractivity contribution in [3.8, 4) is 11.5 Å². The van der Waals surface area contributed by atoms with Gasteiger partial charge in [0.05, 0.1) is 10.5 Å². The maximum absolute atomic E-state index is 13.3. The fourth-order valence-corrected chi connectivity index (χ4v) is 6.86. The molecular formula is C29H36N2O7S. The summed E-state index contributed by atoms with van der Waals surface area (Å²) in [7, 11) is -3.88. The number of nitrogens with zero attached hydrogens (tertiary/aromatic N) is 1. The lowest BCUT2D eigenvalue weighted by atomic mass is 9.88. The van der Waals surface area contributed by atoms with Crippen LogP contribution in [0, 0.1) is 0 Å². The van der Waals surface area contributed by atoms with Crippen LogP contribution in [0.5, 0.6) is 11.5 Å². The molecule has 0 spiro atoms. The number of fused-ring (bicyclic) bond motifs is 1. The summed E-state index contributed by atoms with van der Waals surface area (Å²) in [6.45, 7) is 0.482. The van der Waals surface area contributed by atoms with Crippen molar-refractivity contribution < 1.29 is 32.2 Å². The zero-order valence-electron chi connectivity index (χ0n) is 22.1. The molecule has 0 bridgehead atoms. The second-order valence-electron chi connectivity index (χ2n) is 10.4. The lowest BCUT2D eigenvalue weighted by Crippen LogP contribution is -2.50. The van der Waals surface area contributed by atoms with Crippen molar-refractivity contribution in [3.05, 3.63) is 48.0 Å². The summed E-state index contributed by atoms with van der Waals surface area (Å²) in [5.74, 6) is 0.146. The van der Waals surface area contributed by atoms with Gasteiger partial charge < -0.3 is 19.1 Å². The minimum atomic E-state index is -3.88. The van der Waals surface area contributed by atoms with Crippen molar-refractivity contribution in [2.24, 2.45) is 0 Å². The Morgan fingerprint density at radius 2 is 1.41 bits per heavy atom. The van der Waals surface area contributed by atoms with Gasteiger partial charge in [-0.15, -0.1) is 0 Å². The summed E-state index contributed by atoms with van der Waals surface area (Å²) in [6.07, 6.45) is 11.0. The fraction of sp³-hybridized carbons (Fsp3) is 0.517. The van der Waals surface area contributed by atoms with Gasteiger partial charge in [0.1, 0.15) is 13.2 Å². The number of hydrogen-bond acceptors (Lipinski definition) is 7. The van der Waals surface area contributed by atoms with Gasteiger partial charge in [-0.2, -0.15) is 0 Å². The molecule has 39 heavy (non-hydrogen) atoms. The molecule has 9 nitrogen and oxygen atoms in total. The molecule has 210 valence electrons. The number of nitrogens with one attached hydrogen (secondary N) is 1. The molecule has 1 aliphatic heterocycles. The topological polar surface area (TPSA) is 111 Å². The van der Waals surface area contributed by atoms with Crippen molar-refractivity contribution >= 4 is 27.6 Å². The molecule has 2 aromatic carbocycles. The zero-order valence-corrected chi connectivity index (χ0v) is 22.9. The van der Waals surface area contributed by atoms with E-state index in [2.05, 4.69) is 4.72 Å². The number of carbonyl (C=O) groups excluding carboxylic acids is 2. The van der Waals surface area contributed by atoms with Crippen LogP contribution in [-0.2, 0) is 19.6 Å². The van der Waals surface area contributed by atoms with Crippen LogP contribution >= 0.6 is 0 Å². The number of benzene rings is 2. The van der Waals surface area contributed by atoms with Gasteiger partial charge in [0, 0.05) is 23.8 Å². The summed E-state index contributed by atoms with van der Waals surface area (Å²) in [5.41, 5.74) is 0.533. The normalized spacial score (nSPS) is 18.3. The van der Waals surface area contributed by atoms with Crippen molar-refractivity contribution in [1.82, 2.24) is 4.90 Å². The highest BCUT2D eigenvalue weighted by atomic mass is 32.2. The Morgan fingerprint density at radius 3 is 2.03 bits per heavy atom. The third kappa shape index (κ3) is 6.66. The van der Waals surface area contributed by atoms with Gasteiger partial charge in [0.15, 0.2) is 18.1 Å². The Kier molecular flexibility index (Phi) is 8.60. The van der Waals surface area contributed by atoms with Crippen LogP contribution in [0.25, 0.3) is 0 Å². The number of ether oxygens (including phenoxy) is 3. The SMILES string of the molecule is O=C(OCC(=O)N(C1CCCCC1)C1CCCCC1)c1ccc(NS(=O)(=O)c2ccc3c(c2)OCCO3)cc1. The van der Waals surface area contributed by atoms with E-state index in [9.17, 15) is 18.0 Å². The van der Waals surface area contributed by atoms with E-state index >= 15 is 0 Å². The number of amides is 1. The van der Waals surface area contributed by atoms with Gasteiger partial charge in [-0.3, -0.25) is 9.52 Å². The number of carbonyl (C=O) groups is 2. The Morgan fingerprint density at radius 1 is 0.821 bits per heavy atom. The van der Waals surface area contributed by atoms with E-state index in [1.165, 1.54) is 49.2 Å². The van der Waals surface area contributed by atoms with Crippen molar-refractivity contribution in [2.45, 2.75) is 81.2 Å². The Bertz CT molecular complexity index is 1250. The Balaban J connectivity index is 1.19. The van der Waals surface area contributed by atoms with Crippen molar-refractivity contribution in [3.63, 3.8) is 0 Å². The van der Waals surface area contributed by atoms with E-state index in [4.69, 9.17) is 14.2 Å². The predicted octanol–water partition coefficient (Wildman–Crippen LogP) is 4.91. The third-order valence-electron chi connectivity index (χ3n) is 7.75. The maximum atomic E-state index is 13.3. The van der Waals surface area contributed by atoms with Gasteiger partial charge in [0.25, 0.3) is 15.9 Å². The summed E-state index contributed by atoms with van der Waals surface area (Å²) in [6, 6.07) is 10.8. The number of sulfonamides is 1. The van der Waals surface area contributed by atoms with Crippen molar-refractivity contribution in [2.75, 3.05) is 24.5 Å². The largest absolute Gasteiger partial charge is 0.486 e. The third-order valence-corrected chi connectivity index (χ3v) is 9.13. The van der Waals surface area contributed by atoms with Crippen LogP contribution in [-0.4, -0.2) is 57.1 Å². The molecule has 0 unspecified atom stereocenters. The van der Waals surface area contributed by atoms with Crippen LogP contribution in [0.4, 0.5) is 5.69 Å². The molecule has 0 radical (unpaired) electrons. The Hall–Kier alpha value is -3.27. The quantitative estimate of drug-likeness (QED) is 0.460. The molecule has 1 amide bonds. The number of anilines is 1. The second-order valence-corrected chi connectivity index (χ2v) is 12.1. The molecule has 5 rings (SSSR count). The highest BCUT2D eigenvalue weighted by Gasteiger charge is 2.33. The fourth-order valence-electron chi connectivity index (χ4n) is 5.79. The first kappa shape index (κ1) is 27.3. The van der Waals surface area contributed by atoms with E-state index in [1.54, 1.807) is 6.07 Å². The maximum Gasteiger partial charge on any atom is 0.338 e. The van der Waals surface area contributed by atoms with E-state index in [0.29, 0.717) is 30.4 Å². The summed E-state index contributed by atoms with van der Waals surface area (Å²) < 4.78 is 44.6. The molecular weight excluding hydrogens is 520 g/mol. The molecule has 2 fully saturated rings. The molecule has 0 saturated heterocycles. The van der Waals surface area contributed by atoms with Crippen LogP contribution in [0.3, 0.4) is 0 Å². The zero-order chi connectivity index (χ0) is 27.2. The lowest BCUT2D eigenvalue weighted by molar-refractivity contribution is -0.141. The first-order chi connectivity index (χ1) is 18.9. The average Bonchev–Trinajstić information content (AvgIpc) is 2.97. The molecule has 1 N–H and O–H groups in total. The molecule has 1 heterocycles. The summed E-state index contributed by atoms with van der Waals surface area (Å²) in [4.78, 5) is 28.1. The smallest absolute Gasteiger partial charge is 0.338 e. The molecule has 0 atom stereocenters. The number of rotatable bonds is 8. The minimum Gasteiger partial charge on any atom is -0.486 e. The van der Waals surface area contributed by atoms with Gasteiger partial charge in [-0.05, 0) is 62.1 Å². The van der Waals surface area contributed by atoms with Crippen LogP contribution < -0.4 is 14.2 Å². The number of esters is 1. The number of hydrogen-bond donors (Lipinski definition) is 1. The Labute approximate surface area is 229 Å². The first-order valence-corrected chi connectivity index (χ1v) is 15.4. The van der Waals surface area contributed by atoms with E-state index in [0.717, 1.165) is 51.4 Å². The minimum absolute atomic E-state index is 0.0363.